The predicted molar refractivity (Wildman–Crippen MR) is 90.4 cm³/mol. The minimum absolute atomic E-state index is 0.185. The molecule has 1 aliphatic heterocycles. The third kappa shape index (κ3) is 2.93. The van der Waals surface area contributed by atoms with Crippen LogP contribution in [0.4, 0.5) is 10.1 Å². The van der Waals surface area contributed by atoms with Crippen LogP contribution in [0.5, 0.6) is 0 Å². The van der Waals surface area contributed by atoms with Gasteiger partial charge in [-0.2, -0.15) is 0 Å². The summed E-state index contributed by atoms with van der Waals surface area (Å²) in [6, 6.07) is 14.8. The highest BCUT2D eigenvalue weighted by molar-refractivity contribution is 6.36. The average molecular weight is 324 g/mol. The summed E-state index contributed by atoms with van der Waals surface area (Å²) < 4.78 is 13.4. The molecule has 5 heteroatoms. The van der Waals surface area contributed by atoms with Crippen molar-refractivity contribution in [3.63, 3.8) is 0 Å². The number of carbonyl (C=O) groups excluding carboxylic acids is 2. The Hall–Kier alpha value is -2.95. The molecule has 0 fully saturated rings. The number of rotatable bonds is 5. The summed E-state index contributed by atoms with van der Waals surface area (Å²) in [5.74, 6) is -1.12. The molecule has 2 aromatic rings. The maximum absolute atomic E-state index is 13.4. The van der Waals surface area contributed by atoms with Gasteiger partial charge in [-0.3, -0.25) is 14.5 Å². The van der Waals surface area contributed by atoms with E-state index in [0.717, 1.165) is 0 Å². The average Bonchev–Trinajstić information content (AvgIpc) is 2.81. The SMILES string of the molecule is CCCN1C(=O)C(Nc2cccc(F)c2)=C(c2ccccc2)C1=O. The maximum atomic E-state index is 13.4. The van der Waals surface area contributed by atoms with E-state index in [1.807, 2.05) is 25.1 Å². The van der Waals surface area contributed by atoms with Crippen LogP contribution in [-0.4, -0.2) is 23.3 Å². The Morgan fingerprint density at radius 3 is 2.42 bits per heavy atom. The highest BCUT2D eigenvalue weighted by Gasteiger charge is 2.38. The molecule has 3 rings (SSSR count). The fourth-order valence-electron chi connectivity index (χ4n) is 2.70. The highest BCUT2D eigenvalue weighted by atomic mass is 19.1. The molecular formula is C19H17FN2O2. The summed E-state index contributed by atoms with van der Waals surface area (Å²) in [7, 11) is 0. The topological polar surface area (TPSA) is 49.4 Å². The second-order valence-electron chi connectivity index (χ2n) is 5.51. The number of imide groups is 1. The van der Waals surface area contributed by atoms with Crippen LogP contribution in [0.25, 0.3) is 5.57 Å². The van der Waals surface area contributed by atoms with E-state index in [0.29, 0.717) is 29.8 Å². The van der Waals surface area contributed by atoms with Gasteiger partial charge in [-0.1, -0.05) is 43.3 Å². The van der Waals surface area contributed by atoms with E-state index in [2.05, 4.69) is 5.32 Å². The van der Waals surface area contributed by atoms with Crippen molar-refractivity contribution in [3.05, 3.63) is 71.7 Å². The molecule has 0 aromatic heterocycles. The quantitative estimate of drug-likeness (QED) is 0.857. The van der Waals surface area contributed by atoms with E-state index in [1.165, 1.54) is 17.0 Å². The minimum atomic E-state index is -0.413. The Morgan fingerprint density at radius 1 is 1.00 bits per heavy atom. The molecule has 2 amide bonds. The lowest BCUT2D eigenvalue weighted by Gasteiger charge is -2.13. The minimum Gasteiger partial charge on any atom is -0.350 e. The first-order valence-electron chi connectivity index (χ1n) is 7.80. The Balaban J connectivity index is 2.06. The molecule has 0 atom stereocenters. The fourth-order valence-corrected chi connectivity index (χ4v) is 2.70. The van der Waals surface area contributed by atoms with Crippen LogP contribution >= 0.6 is 0 Å². The van der Waals surface area contributed by atoms with Gasteiger partial charge in [-0.15, -0.1) is 0 Å². The van der Waals surface area contributed by atoms with Gasteiger partial charge >= 0.3 is 0 Å². The second-order valence-corrected chi connectivity index (χ2v) is 5.51. The van der Waals surface area contributed by atoms with E-state index in [1.54, 1.807) is 24.3 Å². The van der Waals surface area contributed by atoms with Gasteiger partial charge in [0.05, 0.1) is 5.57 Å². The van der Waals surface area contributed by atoms with Gasteiger partial charge in [-0.05, 0) is 30.2 Å². The van der Waals surface area contributed by atoms with E-state index in [-0.39, 0.29) is 17.5 Å². The van der Waals surface area contributed by atoms with Crippen LogP contribution in [0.3, 0.4) is 0 Å². The van der Waals surface area contributed by atoms with Crippen LogP contribution in [0.15, 0.2) is 60.3 Å². The van der Waals surface area contributed by atoms with Gasteiger partial charge in [0, 0.05) is 12.2 Å². The number of amides is 2. The molecular weight excluding hydrogens is 307 g/mol. The van der Waals surface area contributed by atoms with Crippen LogP contribution in [0, 0.1) is 5.82 Å². The largest absolute Gasteiger partial charge is 0.350 e. The van der Waals surface area contributed by atoms with Gasteiger partial charge in [0.1, 0.15) is 11.5 Å². The Labute approximate surface area is 139 Å². The number of nitrogens with zero attached hydrogens (tertiary/aromatic N) is 1. The number of benzene rings is 2. The molecule has 122 valence electrons. The normalized spacial score (nSPS) is 14.5. The standard InChI is InChI=1S/C19H17FN2O2/c1-2-11-22-18(23)16(13-7-4-3-5-8-13)17(19(22)24)21-15-10-6-9-14(20)12-15/h3-10,12,21H,2,11H2,1H3. The molecule has 0 aliphatic carbocycles. The lowest BCUT2D eigenvalue weighted by Crippen LogP contribution is -2.33. The molecule has 1 aliphatic rings. The third-order valence-corrected chi connectivity index (χ3v) is 3.77. The van der Waals surface area contributed by atoms with Crippen LogP contribution in [0.1, 0.15) is 18.9 Å². The smallest absolute Gasteiger partial charge is 0.278 e. The second kappa shape index (κ2) is 6.66. The molecule has 0 radical (unpaired) electrons. The van der Waals surface area contributed by atoms with Crippen LogP contribution < -0.4 is 5.32 Å². The maximum Gasteiger partial charge on any atom is 0.278 e. The van der Waals surface area contributed by atoms with Crippen LogP contribution in [0.2, 0.25) is 0 Å². The van der Waals surface area contributed by atoms with E-state index < -0.39 is 5.82 Å². The highest BCUT2D eigenvalue weighted by Crippen LogP contribution is 2.30. The van der Waals surface area contributed by atoms with Crippen molar-refractivity contribution < 1.29 is 14.0 Å². The molecule has 0 saturated heterocycles. The zero-order valence-corrected chi connectivity index (χ0v) is 13.3. The van der Waals surface area contributed by atoms with Crippen molar-refractivity contribution in [1.29, 1.82) is 0 Å². The van der Waals surface area contributed by atoms with Gasteiger partial charge in [0.2, 0.25) is 0 Å². The molecule has 4 nitrogen and oxygen atoms in total. The number of halogens is 1. The first kappa shape index (κ1) is 15.9. The first-order valence-corrected chi connectivity index (χ1v) is 7.80. The van der Waals surface area contributed by atoms with Crippen LogP contribution in [-0.2, 0) is 9.59 Å². The number of hydrogen-bond acceptors (Lipinski definition) is 3. The Morgan fingerprint density at radius 2 is 1.75 bits per heavy atom. The number of hydrogen-bond donors (Lipinski definition) is 1. The van der Waals surface area contributed by atoms with Gasteiger partial charge in [-0.25, -0.2) is 4.39 Å². The molecule has 0 unspecified atom stereocenters. The fraction of sp³-hybridized carbons (Fsp3) is 0.158. The zero-order valence-electron chi connectivity index (χ0n) is 13.3. The van der Waals surface area contributed by atoms with Crippen molar-refractivity contribution in [2.24, 2.45) is 0 Å². The summed E-state index contributed by atoms with van der Waals surface area (Å²) in [5.41, 5.74) is 1.59. The zero-order chi connectivity index (χ0) is 17.1. The summed E-state index contributed by atoms with van der Waals surface area (Å²) in [5, 5.41) is 2.93. The molecule has 0 bridgehead atoms. The van der Waals surface area contributed by atoms with Gasteiger partial charge < -0.3 is 5.32 Å². The lowest BCUT2D eigenvalue weighted by atomic mass is 10.0. The van der Waals surface area contributed by atoms with Gasteiger partial charge in [0.25, 0.3) is 11.8 Å². The molecule has 0 saturated carbocycles. The predicted octanol–water partition coefficient (Wildman–Crippen LogP) is 3.43. The third-order valence-electron chi connectivity index (χ3n) is 3.77. The molecule has 1 N–H and O–H groups in total. The molecule has 2 aromatic carbocycles. The lowest BCUT2D eigenvalue weighted by molar-refractivity contribution is -0.136. The van der Waals surface area contributed by atoms with Crippen molar-refractivity contribution in [2.75, 3.05) is 11.9 Å². The van der Waals surface area contributed by atoms with E-state index in [4.69, 9.17) is 0 Å². The summed E-state index contributed by atoms with van der Waals surface area (Å²) in [4.78, 5) is 26.6. The Kier molecular flexibility index (Phi) is 4.42. The summed E-state index contributed by atoms with van der Waals surface area (Å²) >= 11 is 0. The van der Waals surface area contributed by atoms with E-state index >= 15 is 0 Å². The summed E-state index contributed by atoms with van der Waals surface area (Å²) in [6.07, 6.45) is 0.673. The van der Waals surface area contributed by atoms with Crippen molar-refractivity contribution >= 4 is 23.1 Å². The van der Waals surface area contributed by atoms with E-state index in [9.17, 15) is 14.0 Å². The molecule has 24 heavy (non-hydrogen) atoms. The number of carbonyl (C=O) groups is 2. The monoisotopic (exact) mass is 324 g/mol. The van der Waals surface area contributed by atoms with Crippen molar-refractivity contribution in [1.82, 2.24) is 4.90 Å². The molecule has 0 spiro atoms. The van der Waals surface area contributed by atoms with Crippen molar-refractivity contribution in [3.8, 4) is 0 Å². The summed E-state index contributed by atoms with van der Waals surface area (Å²) in [6.45, 7) is 2.25. The van der Waals surface area contributed by atoms with Gasteiger partial charge in [0.15, 0.2) is 0 Å². The number of anilines is 1. The first-order chi connectivity index (χ1) is 11.6. The van der Waals surface area contributed by atoms with Crippen molar-refractivity contribution in [2.45, 2.75) is 13.3 Å². The molecule has 1 heterocycles. The Bertz CT molecular complexity index is 815. The number of nitrogens with one attached hydrogen (secondary N) is 1.